The molecule has 0 aliphatic carbocycles. The number of rotatable bonds is 5. The Kier molecular flexibility index (Phi) is 5.51. The van der Waals surface area contributed by atoms with Crippen molar-refractivity contribution >= 4 is 0 Å². The third-order valence-electron chi connectivity index (χ3n) is 1.90. The molecule has 0 fully saturated rings. The first-order valence-electron chi connectivity index (χ1n) is 4.44. The molecule has 0 heterocycles. The van der Waals surface area contributed by atoms with E-state index in [1.807, 2.05) is 6.92 Å². The largest absolute Gasteiger partial charge is 0.390 e. The van der Waals surface area contributed by atoms with Crippen LogP contribution in [0, 0.1) is 5.92 Å². The maximum atomic E-state index is 9.32. The molecule has 0 saturated heterocycles. The van der Waals surface area contributed by atoms with E-state index in [0.29, 0.717) is 18.8 Å². The molecule has 0 aliphatic rings. The average molecular weight is 160 g/mol. The molecule has 2 nitrogen and oxygen atoms in total. The highest BCUT2D eigenvalue weighted by Gasteiger charge is 2.13. The van der Waals surface area contributed by atoms with Gasteiger partial charge in [0, 0.05) is 0 Å². The van der Waals surface area contributed by atoms with Crippen LogP contribution in [0.5, 0.6) is 0 Å². The topological polar surface area (TPSA) is 40.5 Å². The summed E-state index contributed by atoms with van der Waals surface area (Å²) >= 11 is 0. The van der Waals surface area contributed by atoms with E-state index in [1.165, 1.54) is 0 Å². The van der Waals surface area contributed by atoms with Gasteiger partial charge in [0.2, 0.25) is 0 Å². The molecular weight excluding hydrogens is 140 g/mol. The molecule has 68 valence electrons. The third-order valence-corrected chi connectivity index (χ3v) is 1.90. The van der Waals surface area contributed by atoms with Crippen molar-refractivity contribution in [2.24, 2.45) is 5.92 Å². The maximum Gasteiger partial charge on any atom is 0.0799 e. The van der Waals surface area contributed by atoms with Gasteiger partial charge in [-0.1, -0.05) is 20.8 Å². The zero-order chi connectivity index (χ0) is 8.85. The van der Waals surface area contributed by atoms with Crippen LogP contribution in [0.3, 0.4) is 0 Å². The van der Waals surface area contributed by atoms with Crippen LogP contribution in [0.15, 0.2) is 0 Å². The predicted molar refractivity (Wildman–Crippen MR) is 46.4 cm³/mol. The van der Waals surface area contributed by atoms with Crippen LogP contribution in [0.2, 0.25) is 0 Å². The lowest BCUT2D eigenvalue weighted by molar-refractivity contribution is 0.00995. The lowest BCUT2D eigenvalue weighted by atomic mass is 10.0. The molecule has 0 aromatic heterocycles. The van der Waals surface area contributed by atoms with Gasteiger partial charge >= 0.3 is 0 Å². The summed E-state index contributed by atoms with van der Waals surface area (Å²) in [6.07, 6.45) is 1.28. The van der Waals surface area contributed by atoms with Crippen molar-refractivity contribution in [3.63, 3.8) is 0 Å². The Bertz CT molecular complexity index is 91.6. The summed E-state index contributed by atoms with van der Waals surface area (Å²) in [5, 5.41) is 18.5. The van der Waals surface area contributed by atoms with Crippen LogP contribution in [0.4, 0.5) is 0 Å². The van der Waals surface area contributed by atoms with E-state index < -0.39 is 12.2 Å². The fraction of sp³-hybridized carbons (Fsp3) is 1.00. The highest BCUT2D eigenvalue weighted by Crippen LogP contribution is 2.10. The van der Waals surface area contributed by atoms with E-state index in [9.17, 15) is 10.2 Å². The summed E-state index contributed by atoms with van der Waals surface area (Å²) in [4.78, 5) is 0. The fourth-order valence-corrected chi connectivity index (χ4v) is 0.969. The van der Waals surface area contributed by atoms with Crippen LogP contribution in [0.25, 0.3) is 0 Å². The van der Waals surface area contributed by atoms with E-state index in [1.54, 1.807) is 0 Å². The van der Waals surface area contributed by atoms with Gasteiger partial charge in [-0.15, -0.1) is 0 Å². The average Bonchev–Trinajstić information content (AvgIpc) is 1.98. The highest BCUT2D eigenvalue weighted by atomic mass is 16.3. The minimum absolute atomic E-state index is 0.526. The Labute approximate surface area is 69.2 Å². The number of aliphatic hydroxyl groups is 2. The lowest BCUT2D eigenvalue weighted by Gasteiger charge is -2.16. The van der Waals surface area contributed by atoms with Gasteiger partial charge in [0.1, 0.15) is 0 Å². The normalized spacial score (nSPS) is 16.9. The van der Waals surface area contributed by atoms with Crippen molar-refractivity contribution in [2.75, 3.05) is 0 Å². The summed E-state index contributed by atoms with van der Waals surface area (Å²) in [6.45, 7) is 6.11. The summed E-state index contributed by atoms with van der Waals surface area (Å²) in [7, 11) is 0. The summed E-state index contributed by atoms with van der Waals surface area (Å²) in [5.74, 6) is 0.605. The molecular formula is C9H20O2. The van der Waals surface area contributed by atoms with E-state index in [0.717, 1.165) is 6.42 Å². The SMILES string of the molecule is CCC(O)C(O)CCC(C)C. The summed E-state index contributed by atoms with van der Waals surface area (Å²) in [5.41, 5.74) is 0. The molecule has 2 unspecified atom stereocenters. The third kappa shape index (κ3) is 5.22. The smallest absolute Gasteiger partial charge is 0.0799 e. The van der Waals surface area contributed by atoms with Gasteiger partial charge in [0.25, 0.3) is 0 Å². The molecule has 2 atom stereocenters. The molecule has 0 saturated carbocycles. The van der Waals surface area contributed by atoms with Gasteiger partial charge in [-0.25, -0.2) is 0 Å². The summed E-state index contributed by atoms with van der Waals surface area (Å²) in [6, 6.07) is 0. The van der Waals surface area contributed by atoms with Gasteiger partial charge in [0.05, 0.1) is 12.2 Å². The van der Waals surface area contributed by atoms with E-state index in [2.05, 4.69) is 13.8 Å². The Balaban J connectivity index is 3.43. The Hall–Kier alpha value is -0.0800. The molecule has 0 spiro atoms. The molecule has 0 rings (SSSR count). The molecule has 0 bridgehead atoms. The van der Waals surface area contributed by atoms with Gasteiger partial charge in [0.15, 0.2) is 0 Å². The van der Waals surface area contributed by atoms with Crippen molar-refractivity contribution in [3.05, 3.63) is 0 Å². The quantitative estimate of drug-likeness (QED) is 0.640. The molecule has 0 amide bonds. The maximum absolute atomic E-state index is 9.32. The van der Waals surface area contributed by atoms with Crippen LogP contribution in [0.1, 0.15) is 40.0 Å². The monoisotopic (exact) mass is 160 g/mol. The van der Waals surface area contributed by atoms with Gasteiger partial charge in [-0.3, -0.25) is 0 Å². The van der Waals surface area contributed by atoms with Crippen molar-refractivity contribution in [3.8, 4) is 0 Å². The standard InChI is InChI=1S/C9H20O2/c1-4-8(10)9(11)6-5-7(2)3/h7-11H,4-6H2,1-3H3. The Morgan fingerprint density at radius 2 is 1.55 bits per heavy atom. The molecule has 11 heavy (non-hydrogen) atoms. The van der Waals surface area contributed by atoms with Crippen LogP contribution in [-0.2, 0) is 0 Å². The Morgan fingerprint density at radius 1 is 1.00 bits per heavy atom. The van der Waals surface area contributed by atoms with Crippen molar-refractivity contribution in [1.82, 2.24) is 0 Å². The van der Waals surface area contributed by atoms with Gasteiger partial charge in [-0.2, -0.15) is 0 Å². The van der Waals surface area contributed by atoms with Gasteiger partial charge < -0.3 is 10.2 Å². The predicted octanol–water partition coefficient (Wildman–Crippen LogP) is 1.55. The first-order valence-corrected chi connectivity index (χ1v) is 4.44. The van der Waals surface area contributed by atoms with Crippen LogP contribution < -0.4 is 0 Å². The lowest BCUT2D eigenvalue weighted by Crippen LogP contribution is -2.25. The molecule has 2 heteroatoms. The summed E-state index contributed by atoms with van der Waals surface area (Å²) < 4.78 is 0. The molecule has 0 aliphatic heterocycles. The van der Waals surface area contributed by atoms with Gasteiger partial charge in [-0.05, 0) is 25.2 Å². The molecule has 2 N–H and O–H groups in total. The first kappa shape index (κ1) is 10.9. The van der Waals surface area contributed by atoms with Crippen molar-refractivity contribution in [1.29, 1.82) is 0 Å². The number of aliphatic hydroxyl groups excluding tert-OH is 2. The Morgan fingerprint density at radius 3 is 1.91 bits per heavy atom. The number of hydrogen-bond donors (Lipinski definition) is 2. The minimum Gasteiger partial charge on any atom is -0.390 e. The van der Waals surface area contributed by atoms with Crippen LogP contribution >= 0.6 is 0 Å². The van der Waals surface area contributed by atoms with Crippen molar-refractivity contribution < 1.29 is 10.2 Å². The highest BCUT2D eigenvalue weighted by molar-refractivity contribution is 4.65. The number of hydrogen-bond acceptors (Lipinski definition) is 2. The van der Waals surface area contributed by atoms with E-state index in [4.69, 9.17) is 0 Å². The van der Waals surface area contributed by atoms with Crippen LogP contribution in [-0.4, -0.2) is 22.4 Å². The second-order valence-electron chi connectivity index (χ2n) is 3.51. The molecule has 0 aromatic carbocycles. The van der Waals surface area contributed by atoms with Crippen molar-refractivity contribution in [2.45, 2.75) is 52.2 Å². The van der Waals surface area contributed by atoms with E-state index >= 15 is 0 Å². The molecule has 0 aromatic rings. The second-order valence-corrected chi connectivity index (χ2v) is 3.51. The molecule has 0 radical (unpaired) electrons. The zero-order valence-electron chi connectivity index (χ0n) is 7.75. The second kappa shape index (κ2) is 5.56. The van der Waals surface area contributed by atoms with E-state index in [-0.39, 0.29) is 0 Å². The first-order chi connectivity index (χ1) is 5.07. The fourth-order valence-electron chi connectivity index (χ4n) is 0.969. The minimum atomic E-state index is -0.534. The zero-order valence-corrected chi connectivity index (χ0v) is 7.75.